The zero-order valence-electron chi connectivity index (χ0n) is 15.8. The van der Waals surface area contributed by atoms with E-state index in [-0.39, 0.29) is 5.91 Å². The standard InChI is InChI=1S/C21H19N5OS/c1-13-6-4-5-7-18(13)19(27)25-16-8-10-17(11-9-16)28-20-14(2)15(3)24-21-22-12-23-26(20)21/h4-12H,1-3H3,(H,25,27). The normalized spacial score (nSPS) is 11.0. The average molecular weight is 389 g/mol. The summed E-state index contributed by atoms with van der Waals surface area (Å²) in [5, 5.41) is 8.21. The van der Waals surface area contributed by atoms with Crippen LogP contribution in [0.1, 0.15) is 27.2 Å². The van der Waals surface area contributed by atoms with Crippen molar-refractivity contribution in [3.8, 4) is 0 Å². The minimum absolute atomic E-state index is 0.108. The first-order valence-corrected chi connectivity index (χ1v) is 9.66. The molecule has 0 atom stereocenters. The Morgan fingerprint density at radius 1 is 1.04 bits per heavy atom. The van der Waals surface area contributed by atoms with Crippen LogP contribution in [0.5, 0.6) is 0 Å². The first-order valence-electron chi connectivity index (χ1n) is 8.85. The van der Waals surface area contributed by atoms with Gasteiger partial charge in [0.15, 0.2) is 0 Å². The quantitative estimate of drug-likeness (QED) is 0.522. The summed E-state index contributed by atoms with van der Waals surface area (Å²) in [6, 6.07) is 15.3. The van der Waals surface area contributed by atoms with Gasteiger partial charge in [-0.2, -0.15) is 14.6 Å². The van der Waals surface area contributed by atoms with Crippen LogP contribution in [0.15, 0.2) is 64.8 Å². The lowest BCUT2D eigenvalue weighted by molar-refractivity contribution is 0.102. The number of carbonyl (C=O) groups excluding carboxylic acids is 1. The van der Waals surface area contributed by atoms with Crippen LogP contribution in [0, 0.1) is 20.8 Å². The molecular formula is C21H19N5OS. The molecule has 4 rings (SSSR count). The molecule has 2 heterocycles. The largest absolute Gasteiger partial charge is 0.322 e. The summed E-state index contributed by atoms with van der Waals surface area (Å²) in [5.41, 5.74) is 4.39. The third-order valence-corrected chi connectivity index (χ3v) is 5.75. The number of carbonyl (C=O) groups is 1. The fourth-order valence-electron chi connectivity index (χ4n) is 2.87. The van der Waals surface area contributed by atoms with Gasteiger partial charge in [0.1, 0.15) is 11.4 Å². The van der Waals surface area contributed by atoms with Crippen LogP contribution in [-0.4, -0.2) is 25.5 Å². The number of hydrogen-bond acceptors (Lipinski definition) is 5. The van der Waals surface area contributed by atoms with Crippen LogP contribution in [0.25, 0.3) is 5.78 Å². The Hall–Kier alpha value is -3.19. The lowest BCUT2D eigenvalue weighted by atomic mass is 10.1. The zero-order chi connectivity index (χ0) is 19.7. The first-order chi connectivity index (χ1) is 13.5. The van der Waals surface area contributed by atoms with Crippen molar-refractivity contribution >= 4 is 29.1 Å². The summed E-state index contributed by atoms with van der Waals surface area (Å²) in [6.07, 6.45) is 1.51. The van der Waals surface area contributed by atoms with E-state index in [1.807, 2.05) is 69.3 Å². The highest BCUT2D eigenvalue weighted by Crippen LogP contribution is 2.31. The molecule has 140 valence electrons. The number of nitrogens with zero attached hydrogens (tertiary/aromatic N) is 4. The van der Waals surface area contributed by atoms with Crippen LogP contribution in [-0.2, 0) is 0 Å². The van der Waals surface area contributed by atoms with Crippen molar-refractivity contribution in [3.05, 3.63) is 77.2 Å². The number of rotatable bonds is 4. The van der Waals surface area contributed by atoms with Gasteiger partial charge in [-0.3, -0.25) is 4.79 Å². The molecule has 28 heavy (non-hydrogen) atoms. The van der Waals surface area contributed by atoms with Crippen LogP contribution < -0.4 is 5.32 Å². The van der Waals surface area contributed by atoms with Crippen LogP contribution in [0.4, 0.5) is 5.69 Å². The number of hydrogen-bond donors (Lipinski definition) is 1. The number of anilines is 1. The van der Waals surface area contributed by atoms with Gasteiger partial charge in [-0.15, -0.1) is 0 Å². The Balaban J connectivity index is 1.55. The number of benzene rings is 2. The molecule has 2 aromatic carbocycles. The van der Waals surface area contributed by atoms with E-state index < -0.39 is 0 Å². The molecular weight excluding hydrogens is 370 g/mol. The molecule has 0 aliphatic carbocycles. The molecule has 0 aliphatic rings. The molecule has 0 bridgehead atoms. The highest BCUT2D eigenvalue weighted by Gasteiger charge is 2.13. The van der Waals surface area contributed by atoms with Crippen LogP contribution in [0.2, 0.25) is 0 Å². The topological polar surface area (TPSA) is 72.2 Å². The number of fused-ring (bicyclic) bond motifs is 1. The Kier molecular flexibility index (Phi) is 4.83. The second-order valence-electron chi connectivity index (χ2n) is 6.49. The van der Waals surface area contributed by atoms with Crippen LogP contribution >= 0.6 is 11.8 Å². The monoisotopic (exact) mass is 389 g/mol. The maximum Gasteiger partial charge on any atom is 0.255 e. The van der Waals surface area contributed by atoms with Gasteiger partial charge < -0.3 is 5.32 Å². The molecule has 0 fully saturated rings. The van der Waals surface area contributed by atoms with Gasteiger partial charge in [-0.1, -0.05) is 30.0 Å². The molecule has 0 radical (unpaired) electrons. The summed E-state index contributed by atoms with van der Waals surface area (Å²) in [4.78, 5) is 22.1. The smallest absolute Gasteiger partial charge is 0.255 e. The predicted molar refractivity (Wildman–Crippen MR) is 110 cm³/mol. The molecule has 0 saturated carbocycles. The molecule has 4 aromatic rings. The van der Waals surface area contributed by atoms with Crippen molar-refractivity contribution in [2.24, 2.45) is 0 Å². The number of aromatic nitrogens is 4. The van der Waals surface area contributed by atoms with Crippen LogP contribution in [0.3, 0.4) is 0 Å². The van der Waals surface area contributed by atoms with Gasteiger partial charge in [-0.05, 0) is 56.7 Å². The van der Waals surface area contributed by atoms with Crippen molar-refractivity contribution in [1.29, 1.82) is 0 Å². The van der Waals surface area contributed by atoms with E-state index in [0.29, 0.717) is 11.3 Å². The van der Waals surface area contributed by atoms with E-state index in [2.05, 4.69) is 20.4 Å². The Bertz CT molecular complexity index is 1170. The van der Waals surface area contributed by atoms with Gasteiger partial charge in [0.05, 0.1) is 0 Å². The van der Waals surface area contributed by atoms with Gasteiger partial charge in [0.25, 0.3) is 11.7 Å². The minimum Gasteiger partial charge on any atom is -0.322 e. The predicted octanol–water partition coefficient (Wildman–Crippen LogP) is 4.45. The Labute approximate surface area is 167 Å². The fraction of sp³-hybridized carbons (Fsp3) is 0.143. The number of amides is 1. The summed E-state index contributed by atoms with van der Waals surface area (Å²) >= 11 is 1.60. The maximum absolute atomic E-state index is 12.5. The lowest BCUT2D eigenvalue weighted by Crippen LogP contribution is -2.13. The lowest BCUT2D eigenvalue weighted by Gasteiger charge is -2.11. The third kappa shape index (κ3) is 3.48. The minimum atomic E-state index is -0.108. The van der Waals surface area contributed by atoms with Crippen molar-refractivity contribution < 1.29 is 4.79 Å². The van der Waals surface area contributed by atoms with E-state index in [0.717, 1.165) is 32.4 Å². The summed E-state index contributed by atoms with van der Waals surface area (Å²) < 4.78 is 1.75. The fourth-order valence-corrected chi connectivity index (χ4v) is 3.88. The van der Waals surface area contributed by atoms with E-state index in [1.54, 1.807) is 16.3 Å². The summed E-state index contributed by atoms with van der Waals surface area (Å²) in [6.45, 7) is 5.93. The number of aryl methyl sites for hydroxylation is 2. The second-order valence-corrected chi connectivity index (χ2v) is 7.56. The summed E-state index contributed by atoms with van der Waals surface area (Å²) in [7, 11) is 0. The van der Waals surface area contributed by atoms with Gasteiger partial charge >= 0.3 is 0 Å². The van der Waals surface area contributed by atoms with Crippen molar-refractivity contribution in [2.75, 3.05) is 5.32 Å². The Morgan fingerprint density at radius 2 is 1.79 bits per heavy atom. The van der Waals surface area contributed by atoms with Gasteiger partial charge in [0, 0.05) is 27.4 Å². The van der Waals surface area contributed by atoms with Crippen molar-refractivity contribution in [2.45, 2.75) is 30.7 Å². The molecule has 0 aliphatic heterocycles. The number of nitrogens with one attached hydrogen (secondary N) is 1. The average Bonchev–Trinajstić information content (AvgIpc) is 3.15. The summed E-state index contributed by atoms with van der Waals surface area (Å²) in [5.74, 6) is 0.483. The molecule has 6 nitrogen and oxygen atoms in total. The molecule has 0 spiro atoms. The highest BCUT2D eigenvalue weighted by molar-refractivity contribution is 7.99. The van der Waals surface area contributed by atoms with Crippen molar-refractivity contribution in [1.82, 2.24) is 19.6 Å². The van der Waals surface area contributed by atoms with E-state index in [4.69, 9.17) is 0 Å². The first kappa shape index (κ1) is 18.2. The molecule has 0 unspecified atom stereocenters. The van der Waals surface area contributed by atoms with Gasteiger partial charge in [-0.25, -0.2) is 4.98 Å². The van der Waals surface area contributed by atoms with E-state index in [1.165, 1.54) is 6.33 Å². The molecule has 1 N–H and O–H groups in total. The maximum atomic E-state index is 12.5. The molecule has 7 heteroatoms. The SMILES string of the molecule is Cc1ccccc1C(=O)Nc1ccc(Sc2c(C)c(C)nc3ncnn23)cc1. The third-order valence-electron chi connectivity index (χ3n) is 4.57. The highest BCUT2D eigenvalue weighted by atomic mass is 32.2. The Morgan fingerprint density at radius 3 is 2.54 bits per heavy atom. The second kappa shape index (κ2) is 7.44. The molecule has 1 amide bonds. The van der Waals surface area contributed by atoms with E-state index >= 15 is 0 Å². The van der Waals surface area contributed by atoms with Crippen molar-refractivity contribution in [3.63, 3.8) is 0 Å². The molecule has 0 saturated heterocycles. The van der Waals surface area contributed by atoms with E-state index in [9.17, 15) is 4.79 Å². The zero-order valence-corrected chi connectivity index (χ0v) is 16.6. The van der Waals surface area contributed by atoms with Gasteiger partial charge in [0.2, 0.25) is 0 Å². The molecule has 2 aromatic heterocycles.